The number of non-ortho nitro benzene ring substituents is 2. The maximum absolute atomic E-state index is 10.9. The predicted molar refractivity (Wildman–Crippen MR) is 73.3 cm³/mol. The van der Waals surface area contributed by atoms with Crippen molar-refractivity contribution in [3.63, 3.8) is 0 Å². The molecule has 3 rings (SSSR count). The number of aromatic nitrogens is 2. The summed E-state index contributed by atoms with van der Waals surface area (Å²) in [5.41, 5.74) is 7.20. The van der Waals surface area contributed by atoms with E-state index in [0.29, 0.717) is 5.82 Å². The van der Waals surface area contributed by atoms with E-state index in [1.807, 2.05) is 0 Å². The fourth-order valence-corrected chi connectivity index (χ4v) is 2.59. The highest BCUT2D eigenvalue weighted by Gasteiger charge is 2.24. The molecule has 2 N–H and O–H groups in total. The molecule has 1 heterocycles. The number of rotatable bonds is 3. The van der Waals surface area contributed by atoms with E-state index >= 15 is 0 Å². The van der Waals surface area contributed by atoms with Crippen molar-refractivity contribution in [3.8, 4) is 5.69 Å². The summed E-state index contributed by atoms with van der Waals surface area (Å²) in [5.74, 6) is 0.372. The standard InChI is InChI=1S/C12H11N5O4/c13-12-10-2-1-3-11(10)15(14-12)7-4-8(16(18)19)6-9(5-7)17(20)21/h4-6H,1-3H2,(H2,13,14). The number of nitrogens with two attached hydrogens (primary N) is 1. The van der Waals surface area contributed by atoms with Gasteiger partial charge in [0.2, 0.25) is 0 Å². The summed E-state index contributed by atoms with van der Waals surface area (Å²) in [6.45, 7) is 0. The van der Waals surface area contributed by atoms with E-state index < -0.39 is 9.85 Å². The molecular weight excluding hydrogens is 278 g/mol. The normalized spacial score (nSPS) is 13.1. The first-order valence-electron chi connectivity index (χ1n) is 6.28. The highest BCUT2D eigenvalue weighted by molar-refractivity contribution is 5.56. The van der Waals surface area contributed by atoms with Crippen LogP contribution in [0.5, 0.6) is 0 Å². The first kappa shape index (κ1) is 13.0. The van der Waals surface area contributed by atoms with Crippen molar-refractivity contribution >= 4 is 17.2 Å². The topological polar surface area (TPSA) is 130 Å². The largest absolute Gasteiger partial charge is 0.382 e. The second kappa shape index (κ2) is 4.54. The molecule has 0 amide bonds. The van der Waals surface area contributed by atoms with Crippen molar-refractivity contribution in [2.24, 2.45) is 0 Å². The number of hydrogen-bond acceptors (Lipinski definition) is 6. The number of hydrogen-bond donors (Lipinski definition) is 1. The number of nitro groups is 2. The lowest BCUT2D eigenvalue weighted by Crippen LogP contribution is -2.04. The van der Waals surface area contributed by atoms with Gasteiger partial charge in [-0.3, -0.25) is 20.2 Å². The lowest BCUT2D eigenvalue weighted by Gasteiger charge is -2.05. The van der Waals surface area contributed by atoms with Crippen molar-refractivity contribution in [3.05, 3.63) is 49.7 Å². The van der Waals surface area contributed by atoms with Crippen LogP contribution in [0, 0.1) is 20.2 Å². The molecule has 9 heteroatoms. The minimum atomic E-state index is -0.663. The molecule has 0 aliphatic heterocycles. The fourth-order valence-electron chi connectivity index (χ4n) is 2.59. The van der Waals surface area contributed by atoms with Gasteiger partial charge in [0, 0.05) is 23.4 Å². The zero-order chi connectivity index (χ0) is 15.1. The van der Waals surface area contributed by atoms with Gasteiger partial charge in [0.25, 0.3) is 11.4 Å². The summed E-state index contributed by atoms with van der Waals surface area (Å²) in [6, 6.07) is 3.45. The second-order valence-corrected chi connectivity index (χ2v) is 4.80. The zero-order valence-electron chi connectivity index (χ0n) is 10.9. The molecule has 0 fully saturated rings. The Labute approximate surface area is 118 Å². The summed E-state index contributed by atoms with van der Waals surface area (Å²) < 4.78 is 1.47. The molecule has 108 valence electrons. The number of anilines is 1. The predicted octanol–water partition coefficient (Wildman–Crippen LogP) is 1.76. The molecule has 1 aliphatic carbocycles. The van der Waals surface area contributed by atoms with Crippen LogP contribution in [0.1, 0.15) is 17.7 Å². The maximum atomic E-state index is 10.9. The molecule has 0 unspecified atom stereocenters. The fraction of sp³-hybridized carbons (Fsp3) is 0.250. The van der Waals surface area contributed by atoms with Crippen LogP contribution in [-0.2, 0) is 12.8 Å². The number of nitro benzene ring substituents is 2. The monoisotopic (exact) mass is 289 g/mol. The summed E-state index contributed by atoms with van der Waals surface area (Å²) in [4.78, 5) is 20.5. The molecule has 0 spiro atoms. The summed E-state index contributed by atoms with van der Waals surface area (Å²) >= 11 is 0. The quantitative estimate of drug-likeness (QED) is 0.676. The van der Waals surface area contributed by atoms with Crippen molar-refractivity contribution in [1.82, 2.24) is 9.78 Å². The van der Waals surface area contributed by atoms with Gasteiger partial charge in [-0.05, 0) is 19.3 Å². The van der Waals surface area contributed by atoms with Crippen LogP contribution < -0.4 is 5.73 Å². The summed E-state index contributed by atoms with van der Waals surface area (Å²) in [5, 5.41) is 26.0. The number of benzene rings is 1. The molecule has 0 radical (unpaired) electrons. The van der Waals surface area contributed by atoms with Crippen molar-refractivity contribution in [1.29, 1.82) is 0 Å². The third-order valence-corrected chi connectivity index (χ3v) is 3.51. The SMILES string of the molecule is Nc1nn(-c2cc([N+](=O)[O-])cc([N+](=O)[O-])c2)c2c1CCC2. The van der Waals surface area contributed by atoms with Crippen LogP contribution in [0.25, 0.3) is 5.69 Å². The third kappa shape index (κ3) is 2.08. The Bertz CT molecular complexity index is 735. The Morgan fingerprint density at radius 1 is 1.10 bits per heavy atom. The first-order chi connectivity index (χ1) is 9.97. The minimum Gasteiger partial charge on any atom is -0.382 e. The van der Waals surface area contributed by atoms with Gasteiger partial charge in [0.05, 0.1) is 21.6 Å². The van der Waals surface area contributed by atoms with Gasteiger partial charge in [-0.1, -0.05) is 0 Å². The Balaban J connectivity index is 2.20. The van der Waals surface area contributed by atoms with Crippen molar-refractivity contribution in [2.75, 3.05) is 5.73 Å². The van der Waals surface area contributed by atoms with Gasteiger partial charge in [0.15, 0.2) is 0 Å². The Morgan fingerprint density at radius 3 is 2.29 bits per heavy atom. The molecule has 1 aromatic carbocycles. The Hall–Kier alpha value is -2.97. The molecule has 1 aliphatic rings. The summed E-state index contributed by atoms with van der Waals surface area (Å²) in [7, 11) is 0. The average Bonchev–Trinajstić information content (AvgIpc) is 3.02. The second-order valence-electron chi connectivity index (χ2n) is 4.80. The van der Waals surface area contributed by atoms with Crippen LogP contribution in [0.3, 0.4) is 0 Å². The lowest BCUT2D eigenvalue weighted by atomic mass is 10.2. The number of nitrogen functional groups attached to an aromatic ring is 1. The molecule has 21 heavy (non-hydrogen) atoms. The van der Waals surface area contributed by atoms with Crippen LogP contribution in [0.2, 0.25) is 0 Å². The van der Waals surface area contributed by atoms with Gasteiger partial charge < -0.3 is 5.73 Å². The van der Waals surface area contributed by atoms with Gasteiger partial charge in [0.1, 0.15) is 5.82 Å². The Kier molecular flexibility index (Phi) is 2.82. The minimum absolute atomic E-state index is 0.283. The van der Waals surface area contributed by atoms with Crippen LogP contribution in [0.4, 0.5) is 17.2 Å². The van der Waals surface area contributed by atoms with Crippen molar-refractivity contribution < 1.29 is 9.85 Å². The van der Waals surface area contributed by atoms with Crippen LogP contribution >= 0.6 is 0 Å². The van der Waals surface area contributed by atoms with E-state index in [0.717, 1.165) is 36.6 Å². The molecule has 0 atom stereocenters. The van der Waals surface area contributed by atoms with Gasteiger partial charge in [-0.25, -0.2) is 4.68 Å². The number of fused-ring (bicyclic) bond motifs is 1. The van der Waals surface area contributed by atoms with E-state index in [4.69, 9.17) is 5.73 Å². The van der Waals surface area contributed by atoms with Crippen LogP contribution in [-0.4, -0.2) is 19.6 Å². The summed E-state index contributed by atoms with van der Waals surface area (Å²) in [6.07, 6.45) is 2.47. The Morgan fingerprint density at radius 2 is 1.71 bits per heavy atom. The third-order valence-electron chi connectivity index (χ3n) is 3.51. The van der Waals surface area contributed by atoms with Gasteiger partial charge in [-0.2, -0.15) is 5.10 Å². The lowest BCUT2D eigenvalue weighted by molar-refractivity contribution is -0.394. The van der Waals surface area contributed by atoms with E-state index in [2.05, 4.69) is 5.10 Å². The zero-order valence-corrected chi connectivity index (χ0v) is 10.9. The van der Waals surface area contributed by atoms with Crippen molar-refractivity contribution in [2.45, 2.75) is 19.3 Å². The molecule has 1 aromatic heterocycles. The molecule has 0 saturated carbocycles. The van der Waals surface area contributed by atoms with E-state index in [-0.39, 0.29) is 17.1 Å². The molecule has 0 bridgehead atoms. The maximum Gasteiger partial charge on any atom is 0.278 e. The smallest absolute Gasteiger partial charge is 0.278 e. The molecule has 0 saturated heterocycles. The average molecular weight is 289 g/mol. The first-order valence-corrected chi connectivity index (χ1v) is 6.28. The highest BCUT2D eigenvalue weighted by atomic mass is 16.6. The van der Waals surface area contributed by atoms with E-state index in [1.54, 1.807) is 0 Å². The molecule has 2 aromatic rings. The molecular formula is C12H11N5O4. The van der Waals surface area contributed by atoms with Gasteiger partial charge >= 0.3 is 0 Å². The molecule has 9 nitrogen and oxygen atoms in total. The van der Waals surface area contributed by atoms with E-state index in [1.165, 1.54) is 16.8 Å². The van der Waals surface area contributed by atoms with Gasteiger partial charge in [-0.15, -0.1) is 0 Å². The van der Waals surface area contributed by atoms with E-state index in [9.17, 15) is 20.2 Å². The number of nitrogens with zero attached hydrogens (tertiary/aromatic N) is 4. The van der Waals surface area contributed by atoms with Crippen LogP contribution in [0.15, 0.2) is 18.2 Å². The highest BCUT2D eigenvalue weighted by Crippen LogP contribution is 2.31.